The number of carbonyl (C=O) groups is 1. The molecular formula is C17H25ClN4O6S. The van der Waals surface area contributed by atoms with Crippen LogP contribution in [0.3, 0.4) is 0 Å². The zero-order valence-corrected chi connectivity index (χ0v) is 18.1. The van der Waals surface area contributed by atoms with Crippen LogP contribution in [0.1, 0.15) is 20.8 Å². The molecule has 12 heteroatoms. The number of anilines is 1. The second-order valence-electron chi connectivity index (χ2n) is 7.52. The Labute approximate surface area is 175 Å². The van der Waals surface area contributed by atoms with Crippen LogP contribution in [-0.2, 0) is 14.8 Å². The highest BCUT2D eigenvalue weighted by molar-refractivity contribution is 7.89. The Morgan fingerprint density at radius 3 is 2.45 bits per heavy atom. The standard InChI is InChI=1S/C17H25ClN4O6S/c1-17(2,3)28-16(23)19-6-11-29(26,27)21-9-7-20(8-10-21)13-4-5-14(18)15(12-13)22(24)25/h4-5,12H,6-11H2,1-3H3,(H,19,23). The van der Waals surface area contributed by atoms with Gasteiger partial charge in [0.2, 0.25) is 10.0 Å². The van der Waals surface area contributed by atoms with Crippen molar-refractivity contribution in [1.29, 1.82) is 0 Å². The number of halogens is 1. The molecule has 1 aromatic carbocycles. The van der Waals surface area contributed by atoms with Crippen LogP contribution in [0.25, 0.3) is 0 Å². The van der Waals surface area contributed by atoms with Crippen LogP contribution >= 0.6 is 11.6 Å². The van der Waals surface area contributed by atoms with Gasteiger partial charge in [0, 0.05) is 44.5 Å². The van der Waals surface area contributed by atoms with Crippen LogP contribution in [0.5, 0.6) is 0 Å². The number of rotatable bonds is 6. The molecule has 0 aliphatic carbocycles. The molecule has 1 N–H and O–H groups in total. The molecule has 0 aromatic heterocycles. The molecule has 0 bridgehead atoms. The van der Waals surface area contributed by atoms with Gasteiger partial charge >= 0.3 is 6.09 Å². The number of sulfonamides is 1. The van der Waals surface area contributed by atoms with Gasteiger partial charge in [-0.1, -0.05) is 11.6 Å². The molecule has 10 nitrogen and oxygen atoms in total. The molecule has 1 fully saturated rings. The van der Waals surface area contributed by atoms with Crippen molar-refractivity contribution >= 4 is 39.1 Å². The van der Waals surface area contributed by atoms with E-state index in [2.05, 4.69) is 5.32 Å². The van der Waals surface area contributed by atoms with Crippen molar-refractivity contribution in [1.82, 2.24) is 9.62 Å². The van der Waals surface area contributed by atoms with E-state index < -0.39 is 26.6 Å². The fraction of sp³-hybridized carbons (Fsp3) is 0.588. The van der Waals surface area contributed by atoms with Crippen LogP contribution in [0, 0.1) is 10.1 Å². The molecule has 1 heterocycles. The molecule has 2 rings (SSSR count). The largest absolute Gasteiger partial charge is 0.444 e. The molecule has 0 radical (unpaired) electrons. The maximum Gasteiger partial charge on any atom is 0.407 e. The number of nitrogens with one attached hydrogen (secondary N) is 1. The maximum atomic E-state index is 12.5. The highest BCUT2D eigenvalue weighted by atomic mass is 35.5. The average molecular weight is 449 g/mol. The molecule has 0 spiro atoms. The summed E-state index contributed by atoms with van der Waals surface area (Å²) in [5.41, 5.74) is -0.229. The van der Waals surface area contributed by atoms with E-state index in [4.69, 9.17) is 16.3 Å². The smallest absolute Gasteiger partial charge is 0.407 e. The monoisotopic (exact) mass is 448 g/mol. The molecule has 0 unspecified atom stereocenters. The molecule has 29 heavy (non-hydrogen) atoms. The van der Waals surface area contributed by atoms with E-state index in [-0.39, 0.29) is 36.1 Å². The van der Waals surface area contributed by atoms with Gasteiger partial charge in [0.25, 0.3) is 5.69 Å². The SMILES string of the molecule is CC(C)(C)OC(=O)NCCS(=O)(=O)N1CCN(c2ccc(Cl)c([N+](=O)[O-])c2)CC1. The van der Waals surface area contributed by atoms with Gasteiger partial charge < -0.3 is 15.0 Å². The predicted molar refractivity (Wildman–Crippen MR) is 110 cm³/mol. The molecule has 1 amide bonds. The lowest BCUT2D eigenvalue weighted by Gasteiger charge is -2.35. The molecule has 0 atom stereocenters. The van der Waals surface area contributed by atoms with E-state index >= 15 is 0 Å². The molecular weight excluding hydrogens is 424 g/mol. The molecule has 1 saturated heterocycles. The van der Waals surface area contributed by atoms with Crippen LogP contribution in [0.4, 0.5) is 16.2 Å². The predicted octanol–water partition coefficient (Wildman–Crippen LogP) is 2.22. The van der Waals surface area contributed by atoms with Gasteiger partial charge in [0.1, 0.15) is 10.6 Å². The van der Waals surface area contributed by atoms with E-state index in [0.717, 1.165) is 0 Å². The number of piperazine rings is 1. The molecule has 0 saturated carbocycles. The van der Waals surface area contributed by atoms with Gasteiger partial charge in [-0.05, 0) is 32.9 Å². The Morgan fingerprint density at radius 2 is 1.90 bits per heavy atom. The third kappa shape index (κ3) is 6.72. The third-order valence-electron chi connectivity index (χ3n) is 4.15. The summed E-state index contributed by atoms with van der Waals surface area (Å²) in [5.74, 6) is -0.237. The minimum absolute atomic E-state index is 0.0532. The van der Waals surface area contributed by atoms with Crippen LogP contribution < -0.4 is 10.2 Å². The molecule has 1 aliphatic rings. The number of amides is 1. The Hall–Kier alpha value is -2.11. The van der Waals surface area contributed by atoms with Gasteiger partial charge in [-0.15, -0.1) is 0 Å². The topological polar surface area (TPSA) is 122 Å². The quantitative estimate of drug-likeness (QED) is 0.522. The summed E-state index contributed by atoms with van der Waals surface area (Å²) in [4.78, 5) is 24.0. The lowest BCUT2D eigenvalue weighted by atomic mass is 10.2. The highest BCUT2D eigenvalue weighted by Gasteiger charge is 2.28. The minimum atomic E-state index is -3.55. The van der Waals surface area contributed by atoms with Crippen LogP contribution in [0.2, 0.25) is 5.02 Å². The van der Waals surface area contributed by atoms with Crippen molar-refractivity contribution < 1.29 is 22.9 Å². The van der Waals surface area contributed by atoms with Gasteiger partial charge in [-0.2, -0.15) is 4.31 Å². The maximum absolute atomic E-state index is 12.5. The number of nitro groups is 1. The Balaban J connectivity index is 1.89. The normalized spacial score (nSPS) is 15.8. The summed E-state index contributed by atoms with van der Waals surface area (Å²) >= 11 is 5.83. The number of nitro benzene ring substituents is 1. The first-order valence-corrected chi connectivity index (χ1v) is 11.0. The lowest BCUT2D eigenvalue weighted by molar-refractivity contribution is -0.384. The fourth-order valence-corrected chi connectivity index (χ4v) is 4.31. The first-order valence-electron chi connectivity index (χ1n) is 9.02. The summed E-state index contributed by atoms with van der Waals surface area (Å²) in [7, 11) is -3.55. The lowest BCUT2D eigenvalue weighted by Crippen LogP contribution is -2.50. The van der Waals surface area contributed by atoms with Gasteiger partial charge in [0.15, 0.2) is 0 Å². The highest BCUT2D eigenvalue weighted by Crippen LogP contribution is 2.29. The average Bonchev–Trinajstić information content (AvgIpc) is 2.60. The number of ether oxygens (including phenoxy) is 1. The Bertz CT molecular complexity index is 863. The van der Waals surface area contributed by atoms with Crippen molar-refractivity contribution in [2.75, 3.05) is 43.4 Å². The summed E-state index contributed by atoms with van der Waals surface area (Å²) in [6.07, 6.45) is -0.665. The molecule has 1 aromatic rings. The second-order valence-corrected chi connectivity index (χ2v) is 10.0. The number of benzene rings is 1. The van der Waals surface area contributed by atoms with Gasteiger partial charge in [-0.25, -0.2) is 13.2 Å². The van der Waals surface area contributed by atoms with Crippen molar-refractivity contribution in [3.63, 3.8) is 0 Å². The number of hydrogen-bond acceptors (Lipinski definition) is 7. The summed E-state index contributed by atoms with van der Waals surface area (Å²) in [6, 6.07) is 4.52. The second kappa shape index (κ2) is 9.14. The van der Waals surface area contributed by atoms with Crippen molar-refractivity contribution in [3.8, 4) is 0 Å². The van der Waals surface area contributed by atoms with Crippen LogP contribution in [0.15, 0.2) is 18.2 Å². The summed E-state index contributed by atoms with van der Waals surface area (Å²) in [5, 5.41) is 13.5. The fourth-order valence-electron chi connectivity index (χ4n) is 2.79. The summed E-state index contributed by atoms with van der Waals surface area (Å²) < 4.78 is 31.4. The summed E-state index contributed by atoms with van der Waals surface area (Å²) in [6.45, 7) is 6.36. The first-order chi connectivity index (χ1) is 13.4. The van der Waals surface area contributed by atoms with E-state index in [9.17, 15) is 23.3 Å². The van der Waals surface area contributed by atoms with Crippen molar-refractivity contribution in [2.24, 2.45) is 0 Å². The van der Waals surface area contributed by atoms with Gasteiger partial charge in [-0.3, -0.25) is 10.1 Å². The molecule has 162 valence electrons. The van der Waals surface area contributed by atoms with E-state index in [0.29, 0.717) is 18.8 Å². The van der Waals surface area contributed by atoms with Crippen LogP contribution in [-0.4, -0.2) is 67.8 Å². The van der Waals surface area contributed by atoms with Crippen molar-refractivity contribution in [3.05, 3.63) is 33.3 Å². The zero-order valence-electron chi connectivity index (χ0n) is 16.6. The van der Waals surface area contributed by atoms with Crippen molar-refractivity contribution in [2.45, 2.75) is 26.4 Å². The Kier molecular flexibility index (Phi) is 7.30. The minimum Gasteiger partial charge on any atom is -0.444 e. The number of carbonyl (C=O) groups excluding carboxylic acids is 1. The zero-order chi connectivity index (χ0) is 21.8. The Morgan fingerprint density at radius 1 is 1.28 bits per heavy atom. The first kappa shape index (κ1) is 23.2. The number of alkyl carbamates (subject to hydrolysis) is 1. The van der Waals surface area contributed by atoms with E-state index in [1.54, 1.807) is 26.8 Å². The number of nitrogens with zero attached hydrogens (tertiary/aromatic N) is 3. The van der Waals surface area contributed by atoms with E-state index in [1.165, 1.54) is 16.4 Å². The third-order valence-corrected chi connectivity index (χ3v) is 6.34. The molecule has 1 aliphatic heterocycles. The van der Waals surface area contributed by atoms with Gasteiger partial charge in [0.05, 0.1) is 10.7 Å². The van der Waals surface area contributed by atoms with E-state index in [1.807, 2.05) is 4.90 Å². The number of hydrogen-bond donors (Lipinski definition) is 1.